The van der Waals surface area contributed by atoms with Gasteiger partial charge in [0.05, 0.1) is 0 Å². The molecule has 0 radical (unpaired) electrons. The highest BCUT2D eigenvalue weighted by Crippen LogP contribution is 2.24. The van der Waals surface area contributed by atoms with Crippen molar-refractivity contribution in [2.24, 2.45) is 17.6 Å². The maximum atomic E-state index is 12.2. The first-order valence-corrected chi connectivity index (χ1v) is 8.56. The molecule has 0 aliphatic carbocycles. The van der Waals surface area contributed by atoms with Crippen molar-refractivity contribution in [2.45, 2.75) is 59.2 Å². The first kappa shape index (κ1) is 20.5. The minimum atomic E-state index is -0.535. The van der Waals surface area contributed by atoms with Gasteiger partial charge in [0.1, 0.15) is 11.2 Å². The van der Waals surface area contributed by atoms with Crippen LogP contribution in [-0.4, -0.2) is 54.5 Å². The Bertz CT molecular complexity index is 440. The second-order valence-electron chi connectivity index (χ2n) is 8.35. The van der Waals surface area contributed by atoms with Gasteiger partial charge in [-0.15, -0.1) is 0 Å². The zero-order valence-electron chi connectivity index (χ0n) is 15.8. The topological polar surface area (TPSA) is 93.9 Å². The third kappa shape index (κ3) is 7.38. The Morgan fingerprint density at radius 2 is 1.67 bits per heavy atom. The first-order valence-electron chi connectivity index (χ1n) is 8.56. The van der Waals surface area contributed by atoms with E-state index >= 15 is 0 Å². The van der Waals surface area contributed by atoms with E-state index in [2.05, 4.69) is 5.32 Å². The predicted molar refractivity (Wildman–Crippen MR) is 92.7 cm³/mol. The van der Waals surface area contributed by atoms with Crippen molar-refractivity contribution in [3.8, 4) is 0 Å². The Balaban J connectivity index is 2.59. The van der Waals surface area contributed by atoms with Crippen LogP contribution in [0.1, 0.15) is 48.0 Å². The molecule has 0 aromatic rings. The molecule has 7 nitrogen and oxygen atoms in total. The Labute approximate surface area is 145 Å². The number of likely N-dealkylation sites (tertiary alicyclic amines) is 1. The highest BCUT2D eigenvalue weighted by Gasteiger charge is 2.33. The van der Waals surface area contributed by atoms with Crippen molar-refractivity contribution in [1.82, 2.24) is 10.2 Å². The second-order valence-corrected chi connectivity index (χ2v) is 8.35. The van der Waals surface area contributed by atoms with Crippen LogP contribution in [0.5, 0.6) is 0 Å². The monoisotopic (exact) mass is 343 g/mol. The highest BCUT2D eigenvalue weighted by atomic mass is 16.6. The van der Waals surface area contributed by atoms with Crippen LogP contribution in [0, 0.1) is 11.8 Å². The fourth-order valence-corrected chi connectivity index (χ4v) is 2.64. The fraction of sp³-hybridized carbons (Fsp3) is 0.882. The molecular weight excluding hydrogens is 310 g/mol. The van der Waals surface area contributed by atoms with Gasteiger partial charge in [-0.05, 0) is 66.3 Å². The number of ether oxygens (including phenoxy) is 2. The van der Waals surface area contributed by atoms with Crippen LogP contribution in [0.25, 0.3) is 0 Å². The fourth-order valence-electron chi connectivity index (χ4n) is 2.64. The molecule has 24 heavy (non-hydrogen) atoms. The third-order valence-corrected chi connectivity index (χ3v) is 3.75. The van der Waals surface area contributed by atoms with Crippen LogP contribution in [0.15, 0.2) is 0 Å². The summed E-state index contributed by atoms with van der Waals surface area (Å²) in [6.07, 6.45) is 0.0315. The lowest BCUT2D eigenvalue weighted by molar-refractivity contribution is 0.0103. The van der Waals surface area contributed by atoms with Crippen molar-refractivity contribution < 1.29 is 19.1 Å². The van der Waals surface area contributed by atoms with Gasteiger partial charge in [-0.1, -0.05) is 0 Å². The Morgan fingerprint density at radius 3 is 2.17 bits per heavy atom. The SMILES string of the molecule is CC(C)(C)OC(=O)NC[C@@H]1CN(C(=O)OC(C)(C)C)CC[C@@H]1CN. The van der Waals surface area contributed by atoms with Crippen LogP contribution in [0.4, 0.5) is 9.59 Å². The largest absolute Gasteiger partial charge is 0.444 e. The summed E-state index contributed by atoms with van der Waals surface area (Å²) >= 11 is 0. The Kier molecular flexibility index (Phi) is 6.89. The standard InChI is InChI=1S/C17H33N3O4/c1-16(2,3)23-14(21)19-10-13-11-20(8-7-12(13)9-18)15(22)24-17(4,5)6/h12-13H,7-11,18H2,1-6H3,(H,19,21)/t12-,13-/m1/s1. The molecule has 1 aliphatic rings. The molecule has 1 saturated heterocycles. The van der Waals surface area contributed by atoms with Crippen molar-refractivity contribution >= 4 is 12.2 Å². The van der Waals surface area contributed by atoms with Crippen molar-refractivity contribution in [1.29, 1.82) is 0 Å². The number of carbonyl (C=O) groups excluding carboxylic acids is 2. The molecule has 1 heterocycles. The number of nitrogens with zero attached hydrogens (tertiary/aromatic N) is 1. The van der Waals surface area contributed by atoms with E-state index in [1.165, 1.54) is 0 Å². The van der Waals surface area contributed by atoms with Crippen molar-refractivity contribution in [3.63, 3.8) is 0 Å². The number of carbonyl (C=O) groups is 2. The van der Waals surface area contributed by atoms with Gasteiger partial charge in [0.2, 0.25) is 0 Å². The molecule has 0 aromatic heterocycles. The summed E-state index contributed by atoms with van der Waals surface area (Å²) in [5, 5.41) is 2.79. The summed E-state index contributed by atoms with van der Waals surface area (Å²) in [5.41, 5.74) is 4.79. The first-order chi connectivity index (χ1) is 10.9. The molecule has 140 valence electrons. The minimum absolute atomic E-state index is 0.0868. The molecule has 0 spiro atoms. The van der Waals surface area contributed by atoms with Gasteiger partial charge in [-0.25, -0.2) is 9.59 Å². The minimum Gasteiger partial charge on any atom is -0.444 e. The van der Waals surface area contributed by atoms with E-state index in [1.54, 1.807) is 4.90 Å². The summed E-state index contributed by atoms with van der Waals surface area (Å²) in [6, 6.07) is 0. The van der Waals surface area contributed by atoms with Crippen molar-refractivity contribution in [2.75, 3.05) is 26.2 Å². The summed E-state index contributed by atoms with van der Waals surface area (Å²) in [6.45, 7) is 13.1. The van der Waals surface area contributed by atoms with Crippen LogP contribution in [0.3, 0.4) is 0 Å². The number of rotatable bonds is 3. The quantitative estimate of drug-likeness (QED) is 0.820. The zero-order chi connectivity index (χ0) is 18.5. The maximum Gasteiger partial charge on any atom is 0.410 e. The molecule has 3 N–H and O–H groups in total. The van der Waals surface area contributed by atoms with Crippen LogP contribution < -0.4 is 11.1 Å². The molecule has 0 aromatic carbocycles. The maximum absolute atomic E-state index is 12.2. The smallest absolute Gasteiger partial charge is 0.410 e. The van der Waals surface area contributed by atoms with Gasteiger partial charge < -0.3 is 25.4 Å². The number of amides is 2. The van der Waals surface area contributed by atoms with Gasteiger partial charge >= 0.3 is 12.2 Å². The number of piperidine rings is 1. The van der Waals surface area contributed by atoms with Gasteiger partial charge in [0.25, 0.3) is 0 Å². The summed E-state index contributed by atoms with van der Waals surface area (Å²) in [4.78, 5) is 25.8. The summed E-state index contributed by atoms with van der Waals surface area (Å²) in [5.74, 6) is 0.349. The van der Waals surface area contributed by atoms with Gasteiger partial charge in [0.15, 0.2) is 0 Å². The summed E-state index contributed by atoms with van der Waals surface area (Å²) < 4.78 is 10.7. The lowest BCUT2D eigenvalue weighted by Crippen LogP contribution is -2.50. The Hall–Kier alpha value is -1.50. The van der Waals surface area contributed by atoms with Crippen LogP contribution in [0.2, 0.25) is 0 Å². The van der Waals surface area contributed by atoms with E-state index in [0.29, 0.717) is 26.2 Å². The normalized spacial score (nSPS) is 22.0. The molecule has 0 unspecified atom stereocenters. The molecule has 2 amide bonds. The number of alkyl carbamates (subject to hydrolysis) is 1. The highest BCUT2D eigenvalue weighted by molar-refractivity contribution is 5.68. The van der Waals surface area contributed by atoms with Crippen LogP contribution in [-0.2, 0) is 9.47 Å². The van der Waals surface area contributed by atoms with E-state index in [9.17, 15) is 9.59 Å². The molecule has 2 atom stereocenters. The van der Waals surface area contributed by atoms with E-state index in [4.69, 9.17) is 15.2 Å². The number of nitrogens with two attached hydrogens (primary N) is 1. The molecule has 0 bridgehead atoms. The number of hydrogen-bond acceptors (Lipinski definition) is 5. The molecule has 1 fully saturated rings. The number of nitrogens with one attached hydrogen (secondary N) is 1. The Morgan fingerprint density at radius 1 is 1.08 bits per heavy atom. The average Bonchev–Trinajstić information content (AvgIpc) is 2.41. The second kappa shape index (κ2) is 8.05. The van der Waals surface area contributed by atoms with E-state index in [1.807, 2.05) is 41.5 Å². The molecular formula is C17H33N3O4. The van der Waals surface area contributed by atoms with E-state index in [-0.39, 0.29) is 17.9 Å². The van der Waals surface area contributed by atoms with Crippen molar-refractivity contribution in [3.05, 3.63) is 0 Å². The molecule has 7 heteroatoms. The lowest BCUT2D eigenvalue weighted by Gasteiger charge is -2.38. The van der Waals surface area contributed by atoms with Crippen LogP contribution >= 0.6 is 0 Å². The van der Waals surface area contributed by atoms with Gasteiger partial charge in [0, 0.05) is 19.6 Å². The predicted octanol–water partition coefficient (Wildman–Crippen LogP) is 2.34. The average molecular weight is 343 g/mol. The molecule has 0 saturated carbocycles. The summed E-state index contributed by atoms with van der Waals surface area (Å²) in [7, 11) is 0. The van der Waals surface area contributed by atoms with Gasteiger partial charge in [-0.3, -0.25) is 0 Å². The van der Waals surface area contributed by atoms with Gasteiger partial charge in [-0.2, -0.15) is 0 Å². The van der Waals surface area contributed by atoms with E-state index in [0.717, 1.165) is 6.42 Å². The zero-order valence-corrected chi connectivity index (χ0v) is 15.8. The molecule has 1 rings (SSSR count). The van der Waals surface area contributed by atoms with E-state index < -0.39 is 17.3 Å². The third-order valence-electron chi connectivity index (χ3n) is 3.75. The lowest BCUT2D eigenvalue weighted by atomic mass is 9.85. The number of hydrogen-bond donors (Lipinski definition) is 2. The molecule has 1 aliphatic heterocycles.